The summed E-state index contributed by atoms with van der Waals surface area (Å²) in [7, 11) is 0. The van der Waals surface area contributed by atoms with Gasteiger partial charge < -0.3 is 4.57 Å². The molecule has 0 saturated carbocycles. The van der Waals surface area contributed by atoms with Crippen molar-refractivity contribution in [3.8, 4) is 5.69 Å². The minimum absolute atomic E-state index is 0.0707. The lowest BCUT2D eigenvalue weighted by molar-refractivity contribution is 0.0913. The summed E-state index contributed by atoms with van der Waals surface area (Å²) in [6.45, 7) is 2.53. The zero-order chi connectivity index (χ0) is 21.5. The average Bonchev–Trinajstić information content (AvgIpc) is 3.31. The lowest BCUT2D eigenvalue weighted by Gasteiger charge is -2.45. The molecule has 160 valence electrons. The van der Waals surface area contributed by atoms with Crippen LogP contribution in [0.1, 0.15) is 35.5 Å². The van der Waals surface area contributed by atoms with Gasteiger partial charge in [-0.15, -0.1) is 5.10 Å². The van der Waals surface area contributed by atoms with Crippen molar-refractivity contribution in [3.63, 3.8) is 0 Å². The van der Waals surface area contributed by atoms with E-state index in [9.17, 15) is 4.79 Å². The molecule has 2 aromatic heterocycles. The van der Waals surface area contributed by atoms with E-state index < -0.39 is 0 Å². The van der Waals surface area contributed by atoms with E-state index in [0.717, 1.165) is 43.3 Å². The van der Waals surface area contributed by atoms with Crippen molar-refractivity contribution in [2.24, 2.45) is 5.92 Å². The highest BCUT2D eigenvalue weighted by atomic mass is 16.1. The molecule has 6 rings (SSSR count). The third-order valence-corrected chi connectivity index (χ3v) is 6.73. The van der Waals surface area contributed by atoms with Crippen LogP contribution in [-0.4, -0.2) is 42.8 Å². The Morgan fingerprint density at radius 1 is 0.844 bits per heavy atom. The number of fused-ring (bicyclic) bond motifs is 4. The molecule has 0 unspecified atom stereocenters. The molecule has 0 N–H and O–H groups in total. The summed E-state index contributed by atoms with van der Waals surface area (Å²) in [5.41, 5.74) is 3.37. The number of rotatable bonds is 4. The number of benzene rings is 2. The molecule has 4 heterocycles. The maximum atomic E-state index is 12.4. The van der Waals surface area contributed by atoms with E-state index in [1.54, 1.807) is 6.07 Å². The Morgan fingerprint density at radius 3 is 2.44 bits per heavy atom. The Labute approximate surface area is 185 Å². The molecule has 2 aromatic carbocycles. The Kier molecular flexibility index (Phi) is 4.69. The van der Waals surface area contributed by atoms with Gasteiger partial charge in [-0.05, 0) is 46.5 Å². The first kappa shape index (κ1) is 19.1. The summed E-state index contributed by atoms with van der Waals surface area (Å²) < 4.78 is 3.82. The maximum Gasteiger partial charge on any atom is 0.250 e. The zero-order valence-corrected chi connectivity index (χ0v) is 17.7. The van der Waals surface area contributed by atoms with Crippen molar-refractivity contribution in [1.29, 1.82) is 0 Å². The first-order chi connectivity index (χ1) is 15.8. The first-order valence-corrected chi connectivity index (χ1v) is 11.1. The zero-order valence-electron chi connectivity index (χ0n) is 17.7. The van der Waals surface area contributed by atoms with Crippen LogP contribution in [0.25, 0.3) is 5.69 Å². The van der Waals surface area contributed by atoms with Crippen molar-refractivity contribution in [1.82, 2.24) is 29.7 Å². The monoisotopic (exact) mass is 424 g/mol. The highest BCUT2D eigenvalue weighted by Gasteiger charge is 2.39. The van der Waals surface area contributed by atoms with Crippen LogP contribution in [0.15, 0.2) is 83.7 Å². The highest BCUT2D eigenvalue weighted by molar-refractivity contribution is 5.34. The predicted octanol–water partition coefficient (Wildman–Crippen LogP) is 3.03. The Morgan fingerprint density at radius 2 is 1.62 bits per heavy atom. The topological polar surface area (TPSA) is 68.8 Å². The number of piperidine rings is 1. The lowest BCUT2D eigenvalue weighted by atomic mass is 9.82. The van der Waals surface area contributed by atoms with Gasteiger partial charge in [0.25, 0.3) is 5.56 Å². The van der Waals surface area contributed by atoms with E-state index in [1.807, 2.05) is 51.7 Å². The van der Waals surface area contributed by atoms with Crippen LogP contribution in [0.2, 0.25) is 0 Å². The van der Waals surface area contributed by atoms with Crippen molar-refractivity contribution in [2.75, 3.05) is 13.1 Å². The Hall–Kier alpha value is -3.58. The molecule has 2 aliphatic rings. The van der Waals surface area contributed by atoms with Gasteiger partial charge in [0.15, 0.2) is 5.82 Å². The fourth-order valence-electron chi connectivity index (χ4n) is 5.42. The molecule has 1 saturated heterocycles. The van der Waals surface area contributed by atoms with E-state index in [4.69, 9.17) is 0 Å². The minimum atomic E-state index is -0.0707. The number of aromatic nitrogens is 5. The third-order valence-electron chi connectivity index (χ3n) is 6.73. The number of para-hydroxylation sites is 1. The lowest BCUT2D eigenvalue weighted by Crippen LogP contribution is -2.48. The Bertz CT molecular complexity index is 1280. The number of hydrogen-bond donors (Lipinski definition) is 0. The number of pyridine rings is 1. The first-order valence-electron chi connectivity index (χ1n) is 11.1. The second-order valence-corrected chi connectivity index (χ2v) is 8.75. The van der Waals surface area contributed by atoms with Gasteiger partial charge in [0.2, 0.25) is 0 Å². The predicted molar refractivity (Wildman–Crippen MR) is 121 cm³/mol. The van der Waals surface area contributed by atoms with Gasteiger partial charge in [-0.3, -0.25) is 9.69 Å². The van der Waals surface area contributed by atoms with Crippen molar-refractivity contribution >= 4 is 0 Å². The molecule has 2 aliphatic heterocycles. The molecule has 0 radical (unpaired) electrons. The van der Waals surface area contributed by atoms with Crippen LogP contribution >= 0.6 is 0 Å². The number of hydrogen-bond acceptors (Lipinski definition) is 5. The summed E-state index contributed by atoms with van der Waals surface area (Å²) in [4.78, 5) is 14.9. The van der Waals surface area contributed by atoms with Crippen LogP contribution in [-0.2, 0) is 6.54 Å². The van der Waals surface area contributed by atoms with Gasteiger partial charge in [0, 0.05) is 37.3 Å². The largest absolute Gasteiger partial charge is 0.312 e. The van der Waals surface area contributed by atoms with Crippen LogP contribution in [0.5, 0.6) is 0 Å². The maximum absolute atomic E-state index is 12.4. The van der Waals surface area contributed by atoms with Gasteiger partial charge in [-0.25, -0.2) is 0 Å². The van der Waals surface area contributed by atoms with E-state index >= 15 is 0 Å². The molecule has 3 atom stereocenters. The minimum Gasteiger partial charge on any atom is -0.312 e. The van der Waals surface area contributed by atoms with Gasteiger partial charge in [-0.2, -0.15) is 4.68 Å². The second kappa shape index (κ2) is 7.84. The molecule has 0 aliphatic carbocycles. The molecule has 7 heteroatoms. The normalized spacial score (nSPS) is 21.1. The molecule has 7 nitrogen and oxygen atoms in total. The number of tetrazole rings is 1. The molecule has 0 spiro atoms. The van der Waals surface area contributed by atoms with Crippen molar-refractivity contribution < 1.29 is 0 Å². The molecular weight excluding hydrogens is 400 g/mol. The van der Waals surface area contributed by atoms with Gasteiger partial charge in [0.05, 0.1) is 11.7 Å². The van der Waals surface area contributed by atoms with E-state index in [-0.39, 0.29) is 11.6 Å². The highest BCUT2D eigenvalue weighted by Crippen LogP contribution is 2.40. The Balaban J connectivity index is 1.43. The van der Waals surface area contributed by atoms with Crippen LogP contribution in [0, 0.1) is 5.92 Å². The molecule has 1 fully saturated rings. The van der Waals surface area contributed by atoms with Crippen LogP contribution in [0.4, 0.5) is 0 Å². The van der Waals surface area contributed by atoms with Gasteiger partial charge in [-0.1, -0.05) is 54.6 Å². The second-order valence-electron chi connectivity index (χ2n) is 8.75. The summed E-state index contributed by atoms with van der Waals surface area (Å²) in [6, 6.07) is 26.1. The molecule has 0 amide bonds. The van der Waals surface area contributed by atoms with Crippen LogP contribution < -0.4 is 5.56 Å². The average molecular weight is 425 g/mol. The molecule has 2 bridgehead atoms. The van der Waals surface area contributed by atoms with E-state index in [2.05, 4.69) is 50.8 Å². The van der Waals surface area contributed by atoms with E-state index in [0.29, 0.717) is 11.8 Å². The van der Waals surface area contributed by atoms with E-state index in [1.165, 1.54) is 5.56 Å². The molecular formula is C25H24N6O. The smallest absolute Gasteiger partial charge is 0.250 e. The fourth-order valence-corrected chi connectivity index (χ4v) is 5.42. The number of likely N-dealkylation sites (tertiary alicyclic amines) is 1. The van der Waals surface area contributed by atoms with Crippen LogP contribution in [0.3, 0.4) is 0 Å². The quantitative estimate of drug-likeness (QED) is 0.504. The fraction of sp³-hybridized carbons (Fsp3) is 0.280. The molecule has 32 heavy (non-hydrogen) atoms. The number of nitrogens with zero attached hydrogens (tertiary/aromatic N) is 6. The SMILES string of the molecule is O=c1cccc2n1C[C@@H]1C[C@@H]2CN([C@H](c2ccccc2)c2nnnn2-c2ccccc2)C1. The van der Waals surface area contributed by atoms with Gasteiger partial charge in [0.1, 0.15) is 0 Å². The third kappa shape index (κ3) is 3.26. The standard InChI is InChI=1S/C25H24N6O/c32-23-13-7-12-22-20-14-18(16-30(22)23)15-29(17-20)24(19-8-3-1-4-9-19)25-26-27-28-31(25)21-10-5-2-6-11-21/h1-13,18,20,24H,14-17H2/t18-,20-,24-/m1/s1. The van der Waals surface area contributed by atoms with Gasteiger partial charge >= 0.3 is 0 Å². The summed E-state index contributed by atoms with van der Waals surface area (Å²) in [5.74, 6) is 1.56. The summed E-state index contributed by atoms with van der Waals surface area (Å²) >= 11 is 0. The van der Waals surface area contributed by atoms with Crippen molar-refractivity contribution in [2.45, 2.75) is 24.9 Å². The molecule has 4 aromatic rings. The van der Waals surface area contributed by atoms with Crippen molar-refractivity contribution in [3.05, 3.63) is 106 Å². The summed E-state index contributed by atoms with van der Waals surface area (Å²) in [5, 5.41) is 12.9. The summed E-state index contributed by atoms with van der Waals surface area (Å²) in [6.07, 6.45) is 1.12.